The van der Waals surface area contributed by atoms with Gasteiger partial charge in [-0.05, 0) is 54.0 Å². The number of rotatable bonds is 8. The summed E-state index contributed by atoms with van der Waals surface area (Å²) in [5.74, 6) is 0. The van der Waals surface area contributed by atoms with Gasteiger partial charge in [-0.25, -0.2) is 0 Å². The third-order valence-electron chi connectivity index (χ3n) is 4.95. The summed E-state index contributed by atoms with van der Waals surface area (Å²) >= 11 is 3.85. The Morgan fingerprint density at radius 3 is 2.39 bits per heavy atom. The van der Waals surface area contributed by atoms with Gasteiger partial charge < -0.3 is 4.90 Å². The lowest BCUT2D eigenvalue weighted by Crippen LogP contribution is -2.20. The van der Waals surface area contributed by atoms with Crippen LogP contribution in [0.25, 0.3) is 10.1 Å². The second kappa shape index (κ2) is 9.42. The second-order valence-corrected chi connectivity index (χ2v) is 9.29. The molecule has 0 radical (unpaired) electrons. The minimum atomic E-state index is 0.451. The summed E-state index contributed by atoms with van der Waals surface area (Å²) in [6.45, 7) is 2.06. The van der Waals surface area contributed by atoms with E-state index in [2.05, 4.69) is 102 Å². The van der Waals surface area contributed by atoms with E-state index in [-0.39, 0.29) is 0 Å². The fourth-order valence-electron chi connectivity index (χ4n) is 3.48. The smallest absolute Gasteiger partial charge is 0.0478 e. The molecule has 142 valence electrons. The number of fused-ring (bicyclic) bond motifs is 1. The molecule has 0 fully saturated rings. The van der Waals surface area contributed by atoms with Crippen molar-refractivity contribution in [2.45, 2.75) is 23.1 Å². The van der Waals surface area contributed by atoms with E-state index in [1.807, 2.05) is 23.1 Å². The van der Waals surface area contributed by atoms with Crippen LogP contribution in [0.15, 0.2) is 95.2 Å². The van der Waals surface area contributed by atoms with E-state index in [1.165, 1.54) is 26.1 Å². The zero-order chi connectivity index (χ0) is 19.2. The highest BCUT2D eigenvalue weighted by Gasteiger charge is 2.16. The molecule has 0 aliphatic carbocycles. The molecular formula is C25H25NS2. The van der Waals surface area contributed by atoms with E-state index < -0.39 is 0 Å². The van der Waals surface area contributed by atoms with Crippen molar-refractivity contribution in [2.75, 3.05) is 13.6 Å². The quantitative estimate of drug-likeness (QED) is 0.285. The lowest BCUT2D eigenvalue weighted by atomic mass is 10.1. The number of hydrogen-bond acceptors (Lipinski definition) is 3. The van der Waals surface area contributed by atoms with Crippen LogP contribution in [0.2, 0.25) is 0 Å². The average molecular weight is 404 g/mol. The largest absolute Gasteiger partial charge is 0.302 e. The molecule has 1 heterocycles. The van der Waals surface area contributed by atoms with Gasteiger partial charge in [-0.3, -0.25) is 0 Å². The topological polar surface area (TPSA) is 3.24 Å². The van der Waals surface area contributed by atoms with Gasteiger partial charge >= 0.3 is 0 Å². The fraction of sp³-hybridized carbons (Fsp3) is 0.200. The first-order chi connectivity index (χ1) is 13.8. The van der Waals surface area contributed by atoms with E-state index in [4.69, 9.17) is 0 Å². The summed E-state index contributed by atoms with van der Waals surface area (Å²) < 4.78 is 1.41. The molecule has 1 unspecified atom stereocenters. The Balaban J connectivity index is 1.49. The summed E-state index contributed by atoms with van der Waals surface area (Å²) in [5.41, 5.74) is 2.78. The highest BCUT2D eigenvalue weighted by atomic mass is 32.2. The number of benzene rings is 3. The summed E-state index contributed by atoms with van der Waals surface area (Å²) in [4.78, 5) is 3.82. The summed E-state index contributed by atoms with van der Waals surface area (Å²) in [5, 5.41) is 4.00. The molecular weight excluding hydrogens is 378 g/mol. The van der Waals surface area contributed by atoms with E-state index in [1.54, 1.807) is 0 Å². The summed E-state index contributed by atoms with van der Waals surface area (Å²) in [6.07, 6.45) is 1.12. The predicted molar refractivity (Wildman–Crippen MR) is 124 cm³/mol. The van der Waals surface area contributed by atoms with Crippen molar-refractivity contribution in [3.63, 3.8) is 0 Å². The monoisotopic (exact) mass is 403 g/mol. The van der Waals surface area contributed by atoms with Crippen molar-refractivity contribution < 1.29 is 0 Å². The van der Waals surface area contributed by atoms with Gasteiger partial charge in [0.15, 0.2) is 0 Å². The van der Waals surface area contributed by atoms with Crippen LogP contribution in [-0.4, -0.2) is 18.5 Å². The molecule has 4 aromatic rings. The molecule has 0 spiro atoms. The molecule has 0 amide bonds. The van der Waals surface area contributed by atoms with Crippen LogP contribution < -0.4 is 0 Å². The Morgan fingerprint density at radius 1 is 0.857 bits per heavy atom. The Labute approximate surface area is 176 Å². The summed E-state index contributed by atoms with van der Waals surface area (Å²) in [6, 6.07) is 30.6. The molecule has 1 aromatic heterocycles. The maximum absolute atomic E-state index is 2.43. The van der Waals surface area contributed by atoms with Crippen LogP contribution in [0.5, 0.6) is 0 Å². The van der Waals surface area contributed by atoms with Gasteiger partial charge in [-0.1, -0.05) is 72.8 Å². The highest BCUT2D eigenvalue weighted by Crippen LogP contribution is 2.42. The fourth-order valence-corrected chi connectivity index (χ4v) is 5.79. The second-order valence-electron chi connectivity index (χ2n) is 7.12. The standard InChI is InChI=1S/C25H25NS2/c1-26(19-20-9-4-2-5-10-20)17-15-23(21-11-6-3-7-12-21)28-24-14-8-13-22-16-18-27-25(22)24/h2-14,16,18,23H,15,17,19H2,1H3. The van der Waals surface area contributed by atoms with Crippen molar-refractivity contribution in [3.8, 4) is 0 Å². The zero-order valence-corrected chi connectivity index (χ0v) is 17.8. The van der Waals surface area contributed by atoms with Crippen molar-refractivity contribution in [3.05, 3.63) is 101 Å². The Kier molecular flexibility index (Phi) is 6.48. The first kappa shape index (κ1) is 19.3. The third kappa shape index (κ3) is 4.85. The van der Waals surface area contributed by atoms with Crippen molar-refractivity contribution >= 4 is 33.2 Å². The third-order valence-corrected chi connectivity index (χ3v) is 7.43. The van der Waals surface area contributed by atoms with Crippen LogP contribution in [0, 0.1) is 0 Å². The maximum atomic E-state index is 2.43. The van der Waals surface area contributed by atoms with Crippen LogP contribution >= 0.6 is 23.1 Å². The average Bonchev–Trinajstić information content (AvgIpc) is 3.22. The molecule has 4 rings (SSSR count). The molecule has 0 bridgehead atoms. The molecule has 0 saturated carbocycles. The lowest BCUT2D eigenvalue weighted by molar-refractivity contribution is 0.321. The molecule has 0 aliphatic heterocycles. The molecule has 0 saturated heterocycles. The zero-order valence-electron chi connectivity index (χ0n) is 16.1. The van der Waals surface area contributed by atoms with Gasteiger partial charge in [-0.2, -0.15) is 0 Å². The molecule has 0 aliphatic rings. The van der Waals surface area contributed by atoms with Gasteiger partial charge in [0.2, 0.25) is 0 Å². The Bertz CT molecular complexity index is 995. The molecule has 1 atom stereocenters. The Morgan fingerprint density at radius 2 is 1.61 bits per heavy atom. The van der Waals surface area contributed by atoms with Crippen LogP contribution in [0.4, 0.5) is 0 Å². The van der Waals surface area contributed by atoms with Gasteiger partial charge in [0.25, 0.3) is 0 Å². The lowest BCUT2D eigenvalue weighted by Gasteiger charge is -2.22. The van der Waals surface area contributed by atoms with E-state index in [9.17, 15) is 0 Å². The van der Waals surface area contributed by atoms with Gasteiger partial charge in [0.1, 0.15) is 0 Å². The molecule has 0 N–H and O–H groups in total. The summed E-state index contributed by atoms with van der Waals surface area (Å²) in [7, 11) is 2.22. The predicted octanol–water partition coefficient (Wildman–Crippen LogP) is 7.26. The molecule has 3 aromatic carbocycles. The minimum Gasteiger partial charge on any atom is -0.302 e. The normalized spacial score (nSPS) is 12.5. The van der Waals surface area contributed by atoms with Gasteiger partial charge in [-0.15, -0.1) is 23.1 Å². The minimum absolute atomic E-state index is 0.451. The van der Waals surface area contributed by atoms with Crippen molar-refractivity contribution in [1.29, 1.82) is 0 Å². The molecule has 28 heavy (non-hydrogen) atoms. The molecule has 3 heteroatoms. The number of nitrogens with zero attached hydrogens (tertiary/aromatic N) is 1. The van der Waals surface area contributed by atoms with Crippen molar-refractivity contribution in [2.24, 2.45) is 0 Å². The van der Waals surface area contributed by atoms with Gasteiger partial charge in [0.05, 0.1) is 0 Å². The first-order valence-corrected chi connectivity index (χ1v) is 11.5. The van der Waals surface area contributed by atoms with Crippen LogP contribution in [0.1, 0.15) is 22.8 Å². The SMILES string of the molecule is CN(CCC(Sc1cccc2ccsc12)c1ccccc1)Cc1ccccc1. The molecule has 1 nitrogen and oxygen atoms in total. The number of thioether (sulfide) groups is 1. The maximum Gasteiger partial charge on any atom is 0.0478 e. The number of hydrogen-bond donors (Lipinski definition) is 0. The van der Waals surface area contributed by atoms with Gasteiger partial charge in [0, 0.05) is 21.4 Å². The Hall–Kier alpha value is -2.07. The number of thiophene rings is 1. The first-order valence-electron chi connectivity index (χ1n) is 9.70. The van der Waals surface area contributed by atoms with E-state index in [0.29, 0.717) is 5.25 Å². The van der Waals surface area contributed by atoms with E-state index >= 15 is 0 Å². The van der Waals surface area contributed by atoms with Crippen LogP contribution in [0.3, 0.4) is 0 Å². The van der Waals surface area contributed by atoms with E-state index in [0.717, 1.165) is 19.5 Å². The van der Waals surface area contributed by atoms with Crippen LogP contribution in [-0.2, 0) is 6.54 Å². The van der Waals surface area contributed by atoms with Crippen molar-refractivity contribution in [1.82, 2.24) is 4.90 Å². The highest BCUT2D eigenvalue weighted by molar-refractivity contribution is 7.99.